The molecule has 1 aromatic rings. The van der Waals surface area contributed by atoms with Gasteiger partial charge in [0.15, 0.2) is 0 Å². The zero-order chi connectivity index (χ0) is 20.8. The molecule has 1 saturated carbocycles. The lowest BCUT2D eigenvalue weighted by Gasteiger charge is -2.28. The predicted molar refractivity (Wildman–Crippen MR) is 107 cm³/mol. The molecule has 8 heteroatoms. The number of rotatable bonds is 5. The van der Waals surface area contributed by atoms with Crippen LogP contribution >= 0.6 is 0 Å². The van der Waals surface area contributed by atoms with Gasteiger partial charge in [0.1, 0.15) is 6.04 Å². The van der Waals surface area contributed by atoms with E-state index in [-0.39, 0.29) is 18.7 Å². The van der Waals surface area contributed by atoms with E-state index in [0.717, 1.165) is 29.5 Å². The van der Waals surface area contributed by atoms with Crippen LogP contribution in [0.1, 0.15) is 58.4 Å². The molecule has 3 N–H and O–H groups in total. The lowest BCUT2D eigenvalue weighted by Crippen LogP contribution is -2.54. The lowest BCUT2D eigenvalue weighted by atomic mass is 9.82. The summed E-state index contributed by atoms with van der Waals surface area (Å²) in [6.45, 7) is 2.52. The van der Waals surface area contributed by atoms with Crippen LogP contribution in [0.4, 0.5) is 0 Å². The van der Waals surface area contributed by atoms with Crippen LogP contribution in [0, 0.1) is 11.8 Å². The third-order valence-corrected chi connectivity index (χ3v) is 6.90. The van der Waals surface area contributed by atoms with Crippen molar-refractivity contribution in [3.63, 3.8) is 0 Å². The summed E-state index contributed by atoms with van der Waals surface area (Å²) in [5.41, 5.74) is 1.49. The Morgan fingerprint density at radius 1 is 1.07 bits per heavy atom. The van der Waals surface area contributed by atoms with E-state index in [1.54, 1.807) is 12.1 Å². The van der Waals surface area contributed by atoms with Crippen LogP contribution < -0.4 is 16.0 Å². The van der Waals surface area contributed by atoms with Crippen LogP contribution in [0.2, 0.25) is 0 Å². The van der Waals surface area contributed by atoms with Crippen molar-refractivity contribution in [3.8, 4) is 0 Å². The largest absolute Gasteiger partial charge is 0.314 e. The van der Waals surface area contributed by atoms with E-state index in [2.05, 4.69) is 16.0 Å². The van der Waals surface area contributed by atoms with Crippen LogP contribution in [0.25, 0.3) is 0 Å². The van der Waals surface area contributed by atoms with Crippen molar-refractivity contribution in [2.24, 2.45) is 11.8 Å². The van der Waals surface area contributed by atoms with E-state index in [0.29, 0.717) is 29.6 Å². The Hall–Kier alpha value is -2.58. The molecule has 5 rings (SSSR count). The average molecular weight is 410 g/mol. The number of carbonyl (C=O) groups excluding carboxylic acids is 4. The summed E-state index contributed by atoms with van der Waals surface area (Å²) in [5.74, 6) is -0.455. The fourth-order valence-corrected chi connectivity index (χ4v) is 5.54. The van der Waals surface area contributed by atoms with Gasteiger partial charge in [-0.05, 0) is 62.2 Å². The van der Waals surface area contributed by atoms with Crippen molar-refractivity contribution in [3.05, 3.63) is 34.9 Å². The van der Waals surface area contributed by atoms with Gasteiger partial charge in [-0.1, -0.05) is 12.1 Å². The number of benzene rings is 1. The SMILES string of the molecule is O=C1CCC(N2C(=O)c3cccc(CNCC4CC5CNC(C4)C5)c3C2=O)C(=O)N1. The maximum atomic E-state index is 13.1. The normalized spacial score (nSPS) is 30.6. The molecule has 4 amide bonds. The summed E-state index contributed by atoms with van der Waals surface area (Å²) >= 11 is 0. The Kier molecular flexibility index (Phi) is 4.91. The average Bonchev–Trinajstić information content (AvgIpc) is 3.19. The monoisotopic (exact) mass is 410 g/mol. The summed E-state index contributed by atoms with van der Waals surface area (Å²) in [5, 5.41) is 9.29. The van der Waals surface area contributed by atoms with Crippen LogP contribution in [0.15, 0.2) is 18.2 Å². The molecule has 4 atom stereocenters. The minimum absolute atomic E-state index is 0.121. The summed E-state index contributed by atoms with van der Waals surface area (Å²) in [6, 6.07) is 4.98. The summed E-state index contributed by atoms with van der Waals surface area (Å²) < 4.78 is 0. The number of piperidine rings is 1. The Balaban J connectivity index is 1.28. The van der Waals surface area contributed by atoms with Gasteiger partial charge in [0.05, 0.1) is 11.1 Å². The topological polar surface area (TPSA) is 108 Å². The lowest BCUT2D eigenvalue weighted by molar-refractivity contribution is -0.136. The van der Waals surface area contributed by atoms with Crippen LogP contribution in [0.3, 0.4) is 0 Å². The highest BCUT2D eigenvalue weighted by molar-refractivity contribution is 6.24. The molecule has 0 aromatic heterocycles. The molecular weight excluding hydrogens is 384 g/mol. The van der Waals surface area contributed by atoms with Gasteiger partial charge in [0, 0.05) is 19.0 Å². The smallest absolute Gasteiger partial charge is 0.262 e. The fourth-order valence-electron chi connectivity index (χ4n) is 5.54. The zero-order valence-corrected chi connectivity index (χ0v) is 16.8. The van der Waals surface area contributed by atoms with Crippen molar-refractivity contribution in [2.45, 2.75) is 50.7 Å². The number of nitrogens with zero attached hydrogens (tertiary/aromatic N) is 1. The van der Waals surface area contributed by atoms with E-state index in [9.17, 15) is 19.2 Å². The van der Waals surface area contributed by atoms with Crippen LogP contribution in [-0.2, 0) is 16.1 Å². The van der Waals surface area contributed by atoms with Gasteiger partial charge in [-0.15, -0.1) is 0 Å². The molecule has 4 unspecified atom stereocenters. The van der Waals surface area contributed by atoms with E-state index in [1.165, 1.54) is 19.3 Å². The molecule has 8 nitrogen and oxygen atoms in total. The first-order valence-corrected chi connectivity index (χ1v) is 10.8. The van der Waals surface area contributed by atoms with Gasteiger partial charge in [-0.25, -0.2) is 0 Å². The molecule has 1 aromatic carbocycles. The minimum atomic E-state index is -0.930. The summed E-state index contributed by atoms with van der Waals surface area (Å²) in [7, 11) is 0. The van der Waals surface area contributed by atoms with Crippen LogP contribution in [-0.4, -0.2) is 53.7 Å². The molecule has 1 aliphatic carbocycles. The Morgan fingerprint density at radius 2 is 1.93 bits per heavy atom. The Morgan fingerprint density at radius 3 is 2.73 bits per heavy atom. The van der Waals surface area contributed by atoms with Gasteiger partial charge >= 0.3 is 0 Å². The van der Waals surface area contributed by atoms with Gasteiger partial charge in [0.25, 0.3) is 11.8 Å². The van der Waals surface area contributed by atoms with Crippen molar-refractivity contribution < 1.29 is 19.2 Å². The van der Waals surface area contributed by atoms with E-state index in [1.807, 2.05) is 6.07 Å². The number of fused-ring (bicyclic) bond motifs is 3. The maximum Gasteiger partial charge on any atom is 0.262 e. The van der Waals surface area contributed by atoms with Gasteiger partial charge in [0.2, 0.25) is 11.8 Å². The van der Waals surface area contributed by atoms with Crippen molar-refractivity contribution in [1.82, 2.24) is 20.9 Å². The highest BCUT2D eigenvalue weighted by atomic mass is 16.2. The number of nitrogens with one attached hydrogen (secondary N) is 3. The Bertz CT molecular complexity index is 918. The molecular formula is C22H26N4O4. The number of hydrogen-bond acceptors (Lipinski definition) is 6. The number of imide groups is 2. The second-order valence-corrected chi connectivity index (χ2v) is 8.96. The number of carbonyl (C=O) groups is 4. The predicted octanol–water partition coefficient (Wildman–Crippen LogP) is 0.566. The molecule has 3 aliphatic heterocycles. The first-order valence-electron chi connectivity index (χ1n) is 10.8. The van der Waals surface area contributed by atoms with Crippen molar-refractivity contribution >= 4 is 23.6 Å². The maximum absolute atomic E-state index is 13.1. The molecule has 0 spiro atoms. The quantitative estimate of drug-likeness (QED) is 0.613. The first kappa shape index (κ1) is 19.4. The third kappa shape index (κ3) is 3.33. The molecule has 2 bridgehead atoms. The minimum Gasteiger partial charge on any atom is -0.314 e. The molecule has 3 heterocycles. The van der Waals surface area contributed by atoms with E-state index >= 15 is 0 Å². The summed E-state index contributed by atoms with van der Waals surface area (Å²) in [4.78, 5) is 50.7. The third-order valence-electron chi connectivity index (χ3n) is 6.90. The molecule has 30 heavy (non-hydrogen) atoms. The molecule has 2 saturated heterocycles. The molecule has 158 valence electrons. The van der Waals surface area contributed by atoms with Crippen molar-refractivity contribution in [1.29, 1.82) is 0 Å². The second kappa shape index (κ2) is 7.59. The van der Waals surface area contributed by atoms with Gasteiger partial charge < -0.3 is 10.6 Å². The van der Waals surface area contributed by atoms with Gasteiger partial charge in [-0.3, -0.25) is 29.4 Å². The highest BCUT2D eigenvalue weighted by Crippen LogP contribution is 2.33. The Labute approximate surface area is 174 Å². The van der Waals surface area contributed by atoms with Gasteiger partial charge in [-0.2, -0.15) is 0 Å². The highest BCUT2D eigenvalue weighted by Gasteiger charge is 2.45. The first-order chi connectivity index (χ1) is 14.5. The number of amides is 4. The summed E-state index contributed by atoms with van der Waals surface area (Å²) in [6.07, 6.45) is 3.98. The molecule has 0 radical (unpaired) electrons. The second-order valence-electron chi connectivity index (χ2n) is 8.96. The number of hydrogen-bond donors (Lipinski definition) is 3. The zero-order valence-electron chi connectivity index (χ0n) is 16.8. The molecule has 4 aliphatic rings. The van der Waals surface area contributed by atoms with E-state index in [4.69, 9.17) is 0 Å². The molecule has 3 fully saturated rings. The standard InChI is InChI=1S/C22H26N4O4/c27-18-5-4-17(20(28)25-18)26-21(29)16-3-1-2-14(19(16)22(26)30)11-23-9-12-6-13-8-15(7-12)24-10-13/h1-3,12-13,15,17,23-24H,4-11H2,(H,25,27,28). The van der Waals surface area contributed by atoms with Crippen molar-refractivity contribution in [2.75, 3.05) is 13.1 Å². The van der Waals surface area contributed by atoms with E-state index < -0.39 is 23.8 Å². The fraction of sp³-hybridized carbons (Fsp3) is 0.545. The van der Waals surface area contributed by atoms with Crippen LogP contribution in [0.5, 0.6) is 0 Å².